The lowest BCUT2D eigenvalue weighted by Gasteiger charge is -2.28. The van der Waals surface area contributed by atoms with E-state index in [4.69, 9.17) is 9.97 Å². The summed E-state index contributed by atoms with van der Waals surface area (Å²) in [5.74, 6) is 2.35. The second kappa shape index (κ2) is 13.5. The van der Waals surface area contributed by atoms with Crippen molar-refractivity contribution in [1.82, 2.24) is 14.7 Å². The number of rotatable bonds is 11. The smallest absolute Gasteiger partial charge is 0.240 e. The van der Waals surface area contributed by atoms with Crippen LogP contribution in [-0.2, 0) is 10.0 Å². The molecule has 226 valence electrons. The van der Waals surface area contributed by atoms with Gasteiger partial charge in [-0.2, -0.15) is 15.2 Å². The van der Waals surface area contributed by atoms with Crippen molar-refractivity contribution in [3.63, 3.8) is 0 Å². The van der Waals surface area contributed by atoms with Gasteiger partial charge in [0.05, 0.1) is 21.8 Å². The van der Waals surface area contributed by atoms with Crippen molar-refractivity contribution in [2.45, 2.75) is 30.6 Å². The van der Waals surface area contributed by atoms with Gasteiger partial charge < -0.3 is 15.1 Å². The fraction of sp³-hybridized carbons (Fsp3) is 0.375. The number of sulfonamides is 1. The highest BCUT2D eigenvalue weighted by atomic mass is 32.2. The quantitative estimate of drug-likeness (QED) is 0.192. The molecule has 1 saturated carbocycles. The Morgan fingerprint density at radius 1 is 0.744 bits per heavy atom. The van der Waals surface area contributed by atoms with Gasteiger partial charge >= 0.3 is 0 Å². The highest BCUT2D eigenvalue weighted by Crippen LogP contribution is 2.30. The minimum Gasteiger partial charge on any atom is -0.378 e. The SMILES string of the molecule is CN(C)c1ccc(/N=N/c2ccc(S(=O)(=O)NC[C@H]3CC[C@H](CNc4nc(N(C)C)c5ccccc5n4)CC3)cc2)cc1. The first-order valence-electron chi connectivity index (χ1n) is 14.6. The van der Waals surface area contributed by atoms with Crippen molar-refractivity contribution in [2.24, 2.45) is 22.1 Å². The normalized spacial score (nSPS) is 17.3. The molecule has 1 heterocycles. The van der Waals surface area contributed by atoms with Crippen LogP contribution in [0.2, 0.25) is 0 Å². The molecule has 3 aromatic carbocycles. The van der Waals surface area contributed by atoms with Gasteiger partial charge in [0.15, 0.2) is 0 Å². The van der Waals surface area contributed by atoms with E-state index in [-0.39, 0.29) is 4.90 Å². The zero-order valence-corrected chi connectivity index (χ0v) is 26.1. The van der Waals surface area contributed by atoms with Crippen molar-refractivity contribution in [3.8, 4) is 0 Å². The van der Waals surface area contributed by atoms with Crippen LogP contribution in [0.5, 0.6) is 0 Å². The molecular formula is C32H40N8O2S. The Kier molecular flexibility index (Phi) is 9.52. The van der Waals surface area contributed by atoms with E-state index in [1.54, 1.807) is 24.3 Å². The zero-order chi connectivity index (χ0) is 30.4. The molecule has 43 heavy (non-hydrogen) atoms. The molecule has 10 nitrogen and oxygen atoms in total. The Hall–Kier alpha value is -4.09. The summed E-state index contributed by atoms with van der Waals surface area (Å²) in [6.45, 7) is 1.24. The summed E-state index contributed by atoms with van der Waals surface area (Å²) in [5, 5.41) is 13.0. The topological polar surface area (TPSA) is 115 Å². The number of nitrogens with zero attached hydrogens (tertiary/aromatic N) is 6. The first kappa shape index (κ1) is 30.4. The molecule has 0 unspecified atom stereocenters. The molecule has 0 bridgehead atoms. The summed E-state index contributed by atoms with van der Waals surface area (Å²) in [6, 6.07) is 22.3. The van der Waals surface area contributed by atoms with Crippen molar-refractivity contribution in [3.05, 3.63) is 72.8 Å². The number of fused-ring (bicyclic) bond motifs is 1. The van der Waals surface area contributed by atoms with Crippen LogP contribution in [0.15, 0.2) is 87.9 Å². The van der Waals surface area contributed by atoms with E-state index in [1.807, 2.05) is 86.5 Å². The molecule has 1 aliphatic carbocycles. The highest BCUT2D eigenvalue weighted by Gasteiger charge is 2.24. The van der Waals surface area contributed by atoms with Gasteiger partial charge in [-0.25, -0.2) is 18.1 Å². The molecule has 11 heteroatoms. The molecule has 0 aliphatic heterocycles. The van der Waals surface area contributed by atoms with Crippen LogP contribution in [0.25, 0.3) is 10.9 Å². The van der Waals surface area contributed by atoms with Gasteiger partial charge in [0, 0.05) is 52.4 Å². The number of anilines is 3. The van der Waals surface area contributed by atoms with Crippen molar-refractivity contribution >= 4 is 49.8 Å². The average Bonchev–Trinajstić information content (AvgIpc) is 3.02. The number of para-hydroxylation sites is 1. The zero-order valence-electron chi connectivity index (χ0n) is 25.2. The minimum absolute atomic E-state index is 0.229. The number of hydrogen-bond acceptors (Lipinski definition) is 9. The highest BCUT2D eigenvalue weighted by molar-refractivity contribution is 7.89. The van der Waals surface area contributed by atoms with Gasteiger partial charge in [-0.1, -0.05) is 12.1 Å². The Balaban J connectivity index is 1.08. The van der Waals surface area contributed by atoms with E-state index >= 15 is 0 Å². The number of azo groups is 1. The van der Waals surface area contributed by atoms with E-state index in [0.717, 1.165) is 60.3 Å². The van der Waals surface area contributed by atoms with E-state index in [0.29, 0.717) is 30.0 Å². The lowest BCUT2D eigenvalue weighted by molar-refractivity contribution is 0.284. The molecule has 0 radical (unpaired) electrons. The Labute approximate surface area is 254 Å². The Morgan fingerprint density at radius 3 is 1.93 bits per heavy atom. The fourth-order valence-corrected chi connectivity index (χ4v) is 6.41. The van der Waals surface area contributed by atoms with Gasteiger partial charge in [-0.15, -0.1) is 0 Å². The molecule has 0 amide bonds. The predicted octanol–water partition coefficient (Wildman–Crippen LogP) is 6.37. The van der Waals surface area contributed by atoms with Crippen LogP contribution in [0, 0.1) is 11.8 Å². The Bertz CT molecular complexity index is 1650. The van der Waals surface area contributed by atoms with Crippen LogP contribution >= 0.6 is 0 Å². The molecule has 1 aliphatic rings. The van der Waals surface area contributed by atoms with Crippen LogP contribution in [-0.4, -0.2) is 59.7 Å². The fourth-order valence-electron chi connectivity index (χ4n) is 5.29. The lowest BCUT2D eigenvalue weighted by atomic mass is 9.82. The number of aromatic nitrogens is 2. The molecule has 2 N–H and O–H groups in total. The summed E-state index contributed by atoms with van der Waals surface area (Å²) in [4.78, 5) is 13.7. The molecule has 0 saturated heterocycles. The Morgan fingerprint density at radius 2 is 1.33 bits per heavy atom. The van der Waals surface area contributed by atoms with Crippen LogP contribution in [0.4, 0.5) is 28.8 Å². The molecular weight excluding hydrogens is 560 g/mol. The minimum atomic E-state index is -3.61. The number of nitrogens with one attached hydrogen (secondary N) is 2. The van der Waals surface area contributed by atoms with E-state index in [2.05, 4.69) is 20.3 Å². The monoisotopic (exact) mass is 600 g/mol. The second-order valence-electron chi connectivity index (χ2n) is 11.5. The first-order valence-corrected chi connectivity index (χ1v) is 16.1. The van der Waals surface area contributed by atoms with Crippen molar-refractivity contribution in [1.29, 1.82) is 0 Å². The van der Waals surface area contributed by atoms with E-state index in [1.165, 1.54) is 0 Å². The predicted molar refractivity (Wildman–Crippen MR) is 174 cm³/mol. The summed E-state index contributed by atoms with van der Waals surface area (Å²) in [7, 11) is 4.34. The second-order valence-corrected chi connectivity index (χ2v) is 13.3. The van der Waals surface area contributed by atoms with Crippen molar-refractivity contribution in [2.75, 3.05) is 56.4 Å². The molecule has 5 rings (SSSR count). The summed E-state index contributed by atoms with van der Waals surface area (Å²) in [6.07, 6.45) is 4.02. The molecule has 0 atom stereocenters. The van der Waals surface area contributed by atoms with E-state index in [9.17, 15) is 8.42 Å². The maximum atomic E-state index is 12.9. The molecule has 4 aromatic rings. The molecule has 1 aromatic heterocycles. The maximum absolute atomic E-state index is 12.9. The first-order chi connectivity index (χ1) is 20.7. The summed E-state index contributed by atoms with van der Waals surface area (Å²) >= 11 is 0. The maximum Gasteiger partial charge on any atom is 0.240 e. The summed E-state index contributed by atoms with van der Waals surface area (Å²) in [5.41, 5.74) is 3.33. The third-order valence-corrected chi connectivity index (χ3v) is 9.32. The van der Waals surface area contributed by atoms with Gasteiger partial charge in [0.2, 0.25) is 16.0 Å². The van der Waals surface area contributed by atoms with Gasteiger partial charge in [-0.3, -0.25) is 0 Å². The van der Waals surface area contributed by atoms with Crippen LogP contribution < -0.4 is 19.8 Å². The van der Waals surface area contributed by atoms with Crippen LogP contribution in [0.1, 0.15) is 25.7 Å². The standard InChI is InChI=1S/C32H40N8O2S/c1-39(2)27-17-13-25(14-18-27)37-38-26-15-19-28(20-16-26)43(41,42)34-22-24-11-9-23(10-12-24)21-33-32-35-30-8-6-5-7-29(30)31(36-32)40(3)4/h5-8,13-20,23-24,34H,9-12,21-22H2,1-4H3,(H,33,35,36)/b38-37+/t23-,24-. The van der Waals surface area contributed by atoms with Gasteiger partial charge in [0.1, 0.15) is 5.82 Å². The lowest BCUT2D eigenvalue weighted by Crippen LogP contribution is -2.32. The summed E-state index contributed by atoms with van der Waals surface area (Å²) < 4.78 is 28.7. The van der Waals surface area contributed by atoms with Gasteiger partial charge in [-0.05, 0) is 98.2 Å². The van der Waals surface area contributed by atoms with Crippen molar-refractivity contribution < 1.29 is 8.42 Å². The molecule has 0 spiro atoms. The largest absolute Gasteiger partial charge is 0.378 e. The number of benzene rings is 3. The third-order valence-electron chi connectivity index (χ3n) is 7.88. The number of hydrogen-bond donors (Lipinski definition) is 2. The average molecular weight is 601 g/mol. The molecule has 1 fully saturated rings. The third kappa shape index (κ3) is 7.85. The van der Waals surface area contributed by atoms with Gasteiger partial charge in [0.25, 0.3) is 0 Å². The van der Waals surface area contributed by atoms with E-state index < -0.39 is 10.0 Å². The van der Waals surface area contributed by atoms with Crippen LogP contribution in [0.3, 0.4) is 0 Å².